The van der Waals surface area contributed by atoms with Gasteiger partial charge in [-0.3, -0.25) is 9.59 Å². The molecule has 0 saturated heterocycles. The van der Waals surface area contributed by atoms with Crippen LogP contribution in [0.1, 0.15) is 64.0 Å². The summed E-state index contributed by atoms with van der Waals surface area (Å²) in [5, 5.41) is 12.3. The number of imidazole rings is 1. The average Bonchev–Trinajstić information content (AvgIpc) is 3.33. The van der Waals surface area contributed by atoms with Crippen LogP contribution >= 0.6 is 12.2 Å². The van der Waals surface area contributed by atoms with Crippen LogP contribution < -0.4 is 10.8 Å². The lowest BCUT2D eigenvalue weighted by molar-refractivity contribution is -0.129. The number of carbonyl (C=O) groups excluding carboxylic acids is 2. The van der Waals surface area contributed by atoms with Crippen LogP contribution in [0.4, 0.5) is 0 Å². The zero-order chi connectivity index (χ0) is 29.1. The number of carboxylic acid groups (broad SMARTS) is 1. The number of hydrogen-bond donors (Lipinski definition) is 3. The second kappa shape index (κ2) is 14.8. The fraction of sp³-hybridized carbons (Fsp3) is 0.345. The Morgan fingerprint density at radius 3 is 2.40 bits per heavy atom. The predicted molar refractivity (Wildman–Crippen MR) is 155 cm³/mol. The van der Waals surface area contributed by atoms with Crippen molar-refractivity contribution in [2.45, 2.75) is 51.6 Å². The van der Waals surface area contributed by atoms with Gasteiger partial charge in [0.15, 0.2) is 0 Å². The Morgan fingerprint density at radius 1 is 1.07 bits per heavy atom. The molecule has 0 aliphatic carbocycles. The van der Waals surface area contributed by atoms with Crippen molar-refractivity contribution in [2.24, 2.45) is 0 Å². The fourth-order valence-electron chi connectivity index (χ4n) is 4.03. The topological polar surface area (TPSA) is 126 Å². The molecule has 0 radical (unpaired) electrons. The molecule has 1 heterocycles. The molecule has 1 aromatic heterocycles. The van der Waals surface area contributed by atoms with E-state index in [4.69, 9.17) is 17.1 Å². The summed E-state index contributed by atoms with van der Waals surface area (Å²) in [6.45, 7) is 2.43. The standard InChI is InChI=1S/C29H35N5O5S/c1-4-5-11-25-30-18-24(34(25)19-21-12-14-22(15-13-21)28(37)38)27(36)31-23(16-20-9-7-6-8-10-20)17-26(35)32-39-29(40)33(2)3/h6-10,12-15,18,23H,4-5,11,16-17,19H2,1-3H3,(H,31,36)(H,32,35)(H,37,38)/t23-/m0/s1. The van der Waals surface area contributed by atoms with E-state index in [9.17, 15) is 19.5 Å². The van der Waals surface area contributed by atoms with E-state index in [-0.39, 0.29) is 23.1 Å². The number of nitrogens with one attached hydrogen (secondary N) is 2. The van der Waals surface area contributed by atoms with E-state index < -0.39 is 17.9 Å². The van der Waals surface area contributed by atoms with Crippen molar-refractivity contribution >= 4 is 35.2 Å². The number of nitrogens with zero attached hydrogens (tertiary/aromatic N) is 3. The maximum atomic E-state index is 13.6. The number of hydroxylamine groups is 1. The number of aromatic carboxylic acids is 1. The van der Waals surface area contributed by atoms with Gasteiger partial charge in [0.1, 0.15) is 11.5 Å². The van der Waals surface area contributed by atoms with Gasteiger partial charge in [-0.1, -0.05) is 55.8 Å². The molecule has 212 valence electrons. The molecule has 40 heavy (non-hydrogen) atoms. The summed E-state index contributed by atoms with van der Waals surface area (Å²) in [5.41, 5.74) is 4.69. The average molecular weight is 566 g/mol. The molecule has 11 heteroatoms. The Bertz CT molecular complexity index is 1310. The first-order valence-corrected chi connectivity index (χ1v) is 13.5. The van der Waals surface area contributed by atoms with Crippen molar-refractivity contribution < 1.29 is 24.3 Å². The minimum absolute atomic E-state index is 0.0375. The molecule has 2 amide bonds. The summed E-state index contributed by atoms with van der Waals surface area (Å²) < 4.78 is 1.85. The van der Waals surface area contributed by atoms with E-state index in [1.807, 2.05) is 34.9 Å². The van der Waals surface area contributed by atoms with Gasteiger partial charge in [-0.05, 0) is 48.3 Å². The minimum Gasteiger partial charge on any atom is -0.478 e. The van der Waals surface area contributed by atoms with Crippen molar-refractivity contribution in [1.29, 1.82) is 0 Å². The van der Waals surface area contributed by atoms with Gasteiger partial charge < -0.3 is 24.7 Å². The van der Waals surface area contributed by atoms with Crippen molar-refractivity contribution in [3.05, 3.63) is 89.0 Å². The van der Waals surface area contributed by atoms with E-state index in [1.165, 1.54) is 0 Å². The van der Waals surface area contributed by atoms with Gasteiger partial charge in [-0.15, -0.1) is 0 Å². The molecule has 0 aliphatic heterocycles. The Hall–Kier alpha value is -4.25. The highest BCUT2D eigenvalue weighted by molar-refractivity contribution is 7.80. The van der Waals surface area contributed by atoms with Gasteiger partial charge in [0.05, 0.1) is 18.2 Å². The molecule has 3 aromatic rings. The van der Waals surface area contributed by atoms with Crippen LogP contribution in [-0.2, 0) is 29.0 Å². The highest BCUT2D eigenvalue weighted by atomic mass is 32.1. The molecule has 0 unspecified atom stereocenters. The number of aromatic nitrogens is 2. The highest BCUT2D eigenvalue weighted by Crippen LogP contribution is 2.15. The second-order valence-corrected chi connectivity index (χ2v) is 9.95. The number of hydrogen-bond acceptors (Lipinski definition) is 6. The van der Waals surface area contributed by atoms with Crippen LogP contribution in [0.3, 0.4) is 0 Å². The largest absolute Gasteiger partial charge is 0.478 e. The normalized spacial score (nSPS) is 11.4. The molecule has 2 aromatic carbocycles. The quantitative estimate of drug-likeness (QED) is 0.225. The molecule has 3 N–H and O–H groups in total. The van der Waals surface area contributed by atoms with Crippen molar-refractivity contribution in [1.82, 2.24) is 25.2 Å². The number of thiocarbonyl (C=S) groups is 1. The monoisotopic (exact) mass is 565 g/mol. The van der Waals surface area contributed by atoms with Gasteiger partial charge in [-0.25, -0.2) is 9.78 Å². The van der Waals surface area contributed by atoms with E-state index in [2.05, 4.69) is 22.7 Å². The van der Waals surface area contributed by atoms with Gasteiger partial charge in [0.2, 0.25) is 0 Å². The zero-order valence-electron chi connectivity index (χ0n) is 22.9. The lowest BCUT2D eigenvalue weighted by Crippen LogP contribution is -2.42. The zero-order valence-corrected chi connectivity index (χ0v) is 23.7. The maximum Gasteiger partial charge on any atom is 0.335 e. The van der Waals surface area contributed by atoms with Gasteiger partial charge in [0, 0.05) is 33.1 Å². The number of benzene rings is 2. The molecule has 0 spiro atoms. The molecule has 0 fully saturated rings. The van der Waals surface area contributed by atoms with Crippen molar-refractivity contribution in [3.63, 3.8) is 0 Å². The van der Waals surface area contributed by atoms with Crippen LogP contribution in [0, 0.1) is 0 Å². The summed E-state index contributed by atoms with van der Waals surface area (Å²) in [6, 6.07) is 15.6. The lowest BCUT2D eigenvalue weighted by Gasteiger charge is -2.20. The Morgan fingerprint density at radius 2 is 1.77 bits per heavy atom. The number of carbonyl (C=O) groups is 3. The molecular weight excluding hydrogens is 530 g/mol. The first-order valence-electron chi connectivity index (χ1n) is 13.1. The molecule has 0 saturated carbocycles. The Balaban J connectivity index is 1.82. The number of amides is 2. The molecule has 3 rings (SSSR count). The number of unbranched alkanes of at least 4 members (excludes halogenated alkanes) is 1. The number of carboxylic acids is 1. The molecular formula is C29H35N5O5S. The minimum atomic E-state index is -1.000. The van der Waals surface area contributed by atoms with Crippen LogP contribution in [0.15, 0.2) is 60.8 Å². The second-order valence-electron chi connectivity index (χ2n) is 9.60. The smallest absolute Gasteiger partial charge is 0.335 e. The Labute approximate surface area is 239 Å². The van der Waals surface area contributed by atoms with E-state index in [0.29, 0.717) is 25.1 Å². The molecule has 0 bridgehead atoms. The van der Waals surface area contributed by atoms with Crippen LogP contribution in [-0.4, -0.2) is 62.7 Å². The summed E-state index contributed by atoms with van der Waals surface area (Å²) in [4.78, 5) is 48.7. The molecule has 10 nitrogen and oxygen atoms in total. The van der Waals surface area contributed by atoms with E-state index in [0.717, 1.165) is 29.8 Å². The number of aryl methyl sites for hydroxylation is 1. The summed E-state index contributed by atoms with van der Waals surface area (Å²) in [6.07, 6.45) is 4.49. The van der Waals surface area contributed by atoms with Gasteiger partial charge >= 0.3 is 5.97 Å². The molecule has 1 atom stereocenters. The third-order valence-corrected chi connectivity index (χ3v) is 6.62. The summed E-state index contributed by atoms with van der Waals surface area (Å²) >= 11 is 5.05. The van der Waals surface area contributed by atoms with E-state index in [1.54, 1.807) is 49.5 Å². The first-order chi connectivity index (χ1) is 19.2. The van der Waals surface area contributed by atoms with E-state index >= 15 is 0 Å². The maximum absolute atomic E-state index is 13.6. The van der Waals surface area contributed by atoms with Crippen molar-refractivity contribution in [3.8, 4) is 0 Å². The predicted octanol–water partition coefficient (Wildman–Crippen LogP) is 3.60. The fourth-order valence-corrected chi connectivity index (χ4v) is 4.07. The summed E-state index contributed by atoms with van der Waals surface area (Å²) in [7, 11) is 3.40. The van der Waals surface area contributed by atoms with Gasteiger partial charge in [-0.2, -0.15) is 5.48 Å². The van der Waals surface area contributed by atoms with Crippen molar-refractivity contribution in [2.75, 3.05) is 14.1 Å². The molecule has 0 aliphatic rings. The first kappa shape index (κ1) is 30.3. The Kier molecular flexibility index (Phi) is 11.2. The van der Waals surface area contributed by atoms with Gasteiger partial charge in [0.25, 0.3) is 17.0 Å². The highest BCUT2D eigenvalue weighted by Gasteiger charge is 2.23. The van der Waals surface area contributed by atoms with Crippen LogP contribution in [0.5, 0.6) is 0 Å². The van der Waals surface area contributed by atoms with Crippen LogP contribution in [0.25, 0.3) is 0 Å². The SMILES string of the molecule is CCCCc1ncc(C(=O)N[C@H](CC(=O)NOC(=S)N(C)C)Cc2ccccc2)n1Cc1ccc(C(=O)O)cc1. The summed E-state index contributed by atoms with van der Waals surface area (Å²) in [5.74, 6) is -1.03. The lowest BCUT2D eigenvalue weighted by atomic mass is 10.0. The number of rotatable bonds is 12. The third kappa shape index (κ3) is 8.91. The van der Waals surface area contributed by atoms with Crippen LogP contribution in [0.2, 0.25) is 0 Å². The third-order valence-electron chi connectivity index (χ3n) is 6.18.